The van der Waals surface area contributed by atoms with E-state index in [1.165, 1.54) is 25.1 Å². The quantitative estimate of drug-likeness (QED) is 0.525. The van der Waals surface area contributed by atoms with Crippen LogP contribution >= 0.6 is 0 Å². The minimum atomic E-state index is -4.47. The average Bonchev–Trinajstić information content (AvgIpc) is 3.16. The van der Waals surface area contributed by atoms with Gasteiger partial charge in [-0.25, -0.2) is 4.39 Å². The summed E-state index contributed by atoms with van der Waals surface area (Å²) in [5.74, 6) is -1.19. The molecule has 0 radical (unpaired) electrons. The second-order valence-electron chi connectivity index (χ2n) is 9.13. The van der Waals surface area contributed by atoms with Crippen molar-refractivity contribution in [2.45, 2.75) is 31.9 Å². The van der Waals surface area contributed by atoms with Crippen molar-refractivity contribution in [1.29, 1.82) is 0 Å². The monoisotopic (exact) mass is 459 g/mol. The fourth-order valence-electron chi connectivity index (χ4n) is 5.16. The summed E-state index contributed by atoms with van der Waals surface area (Å²) in [6, 6.07) is 9.49. The molecule has 0 unspecified atom stereocenters. The number of hydrogen-bond acceptors (Lipinski definition) is 3. The number of aryl methyl sites for hydroxylation is 1. The number of aromatic hydroxyl groups is 1. The number of alkyl halides is 3. The number of phenolic OH excluding ortho intramolecular Hbond substituents is 1. The summed E-state index contributed by atoms with van der Waals surface area (Å²) in [7, 11) is 0. The first-order valence-electron chi connectivity index (χ1n) is 10.6. The second-order valence-corrected chi connectivity index (χ2v) is 9.13. The van der Waals surface area contributed by atoms with E-state index in [0.29, 0.717) is 13.1 Å². The molecule has 1 aromatic heterocycles. The van der Waals surface area contributed by atoms with Crippen LogP contribution in [-0.2, 0) is 6.18 Å². The van der Waals surface area contributed by atoms with Gasteiger partial charge in [0.1, 0.15) is 11.6 Å². The molecule has 0 bridgehead atoms. The van der Waals surface area contributed by atoms with Gasteiger partial charge >= 0.3 is 6.18 Å². The summed E-state index contributed by atoms with van der Waals surface area (Å²) in [5.41, 5.74) is 0.320. The molecule has 2 N–H and O–H groups in total. The van der Waals surface area contributed by atoms with E-state index in [9.17, 15) is 27.5 Å². The van der Waals surface area contributed by atoms with Gasteiger partial charge in [0, 0.05) is 35.7 Å². The third-order valence-corrected chi connectivity index (χ3v) is 6.75. The van der Waals surface area contributed by atoms with E-state index in [-0.39, 0.29) is 39.5 Å². The van der Waals surface area contributed by atoms with Gasteiger partial charge in [-0.3, -0.25) is 9.89 Å². The number of hydrogen-bond donors (Lipinski definition) is 2. The summed E-state index contributed by atoms with van der Waals surface area (Å²) in [5, 5.41) is 16.6. The van der Waals surface area contributed by atoms with Crippen LogP contribution in [-0.4, -0.2) is 39.2 Å². The highest BCUT2D eigenvalue weighted by Crippen LogP contribution is 2.56. The molecular formula is C24H21F4N3O2. The van der Waals surface area contributed by atoms with E-state index in [1.54, 1.807) is 17.0 Å². The molecule has 0 atom stereocenters. The first kappa shape index (κ1) is 21.5. The van der Waals surface area contributed by atoms with Gasteiger partial charge in [0.15, 0.2) is 0 Å². The van der Waals surface area contributed by atoms with Crippen LogP contribution in [0.1, 0.15) is 45.9 Å². The van der Waals surface area contributed by atoms with Gasteiger partial charge in [-0.1, -0.05) is 18.2 Å². The Labute approximate surface area is 187 Å². The lowest BCUT2D eigenvalue weighted by Gasteiger charge is -2.59. The number of phenols is 1. The van der Waals surface area contributed by atoms with Crippen molar-refractivity contribution in [3.8, 4) is 17.0 Å². The Hall–Kier alpha value is -3.36. The lowest BCUT2D eigenvalue weighted by atomic mass is 9.57. The maximum absolute atomic E-state index is 13.9. The molecule has 2 aromatic carbocycles. The van der Waals surface area contributed by atoms with Gasteiger partial charge < -0.3 is 10.0 Å². The van der Waals surface area contributed by atoms with Crippen LogP contribution in [0.15, 0.2) is 42.5 Å². The zero-order chi connectivity index (χ0) is 23.5. The molecule has 1 aliphatic heterocycles. The molecule has 2 heterocycles. The number of carbonyl (C=O) groups excluding carboxylic acids is 1. The summed E-state index contributed by atoms with van der Waals surface area (Å²) in [6.07, 6.45) is -2.95. The van der Waals surface area contributed by atoms with Gasteiger partial charge in [-0.15, -0.1) is 0 Å². The standard InChI is InChI=1S/C24H21F4N3O2/c1-13-3-2-4-16(21(13)24(26,27)28)20-8-19(29-30-20)14-9-23(10-14)11-31(12-23)22(33)17-7-15(32)5-6-18(17)25/h2-8,14,32H,9-12H2,1H3,(H,29,30). The zero-order valence-electron chi connectivity index (χ0n) is 17.7. The number of benzene rings is 2. The first-order chi connectivity index (χ1) is 15.6. The van der Waals surface area contributed by atoms with Gasteiger partial charge in [-0.2, -0.15) is 18.3 Å². The van der Waals surface area contributed by atoms with Crippen molar-refractivity contribution < 1.29 is 27.5 Å². The maximum atomic E-state index is 13.9. The first-order valence-corrected chi connectivity index (χ1v) is 10.6. The molecule has 1 spiro atoms. The Morgan fingerprint density at radius 3 is 2.61 bits per heavy atom. The largest absolute Gasteiger partial charge is 0.508 e. The maximum Gasteiger partial charge on any atom is 0.417 e. The van der Waals surface area contributed by atoms with Crippen LogP contribution in [0.4, 0.5) is 17.6 Å². The molecule has 1 aliphatic carbocycles. The van der Waals surface area contributed by atoms with Gasteiger partial charge in [-0.05, 0) is 49.6 Å². The van der Waals surface area contributed by atoms with Crippen molar-refractivity contribution in [1.82, 2.24) is 15.1 Å². The Bertz CT molecular complexity index is 1240. The smallest absolute Gasteiger partial charge is 0.417 e. The molecule has 5 rings (SSSR count). The lowest BCUT2D eigenvalue weighted by Crippen LogP contribution is -2.63. The number of amides is 1. The van der Waals surface area contributed by atoms with Crippen LogP contribution in [0, 0.1) is 18.2 Å². The van der Waals surface area contributed by atoms with Gasteiger partial charge in [0.05, 0.1) is 16.8 Å². The summed E-state index contributed by atoms with van der Waals surface area (Å²) in [6.45, 7) is 2.39. The molecule has 1 saturated carbocycles. The topological polar surface area (TPSA) is 69.2 Å². The fourth-order valence-corrected chi connectivity index (χ4v) is 5.16. The van der Waals surface area contributed by atoms with Crippen LogP contribution in [0.25, 0.3) is 11.3 Å². The number of carbonyl (C=O) groups is 1. The minimum absolute atomic E-state index is 0.0487. The molecule has 2 aliphatic rings. The highest BCUT2D eigenvalue weighted by molar-refractivity contribution is 5.95. The van der Waals surface area contributed by atoms with Crippen LogP contribution in [0.2, 0.25) is 0 Å². The minimum Gasteiger partial charge on any atom is -0.508 e. The van der Waals surface area contributed by atoms with Crippen molar-refractivity contribution in [3.05, 3.63) is 70.7 Å². The molecule has 3 aromatic rings. The molecule has 1 saturated heterocycles. The van der Waals surface area contributed by atoms with Crippen molar-refractivity contribution in [2.75, 3.05) is 13.1 Å². The number of rotatable bonds is 3. The Morgan fingerprint density at radius 2 is 1.91 bits per heavy atom. The fraction of sp³-hybridized carbons (Fsp3) is 0.333. The Kier molecular flexibility index (Phi) is 4.77. The number of likely N-dealkylation sites (tertiary alicyclic amines) is 1. The van der Waals surface area contributed by atoms with Crippen LogP contribution < -0.4 is 0 Å². The molecule has 33 heavy (non-hydrogen) atoms. The van der Waals surface area contributed by atoms with Gasteiger partial charge in [0.2, 0.25) is 0 Å². The Morgan fingerprint density at radius 1 is 1.18 bits per heavy atom. The summed E-state index contributed by atoms with van der Waals surface area (Å²) in [4.78, 5) is 14.1. The number of aromatic amines is 1. The lowest BCUT2D eigenvalue weighted by molar-refractivity contribution is -0.137. The van der Waals surface area contributed by atoms with E-state index >= 15 is 0 Å². The zero-order valence-corrected chi connectivity index (χ0v) is 17.7. The molecule has 5 nitrogen and oxygen atoms in total. The van der Waals surface area contributed by atoms with E-state index in [2.05, 4.69) is 10.2 Å². The second kappa shape index (κ2) is 7.33. The average molecular weight is 459 g/mol. The van der Waals surface area contributed by atoms with Crippen molar-refractivity contribution in [2.24, 2.45) is 5.41 Å². The molecule has 2 fully saturated rings. The number of aromatic nitrogens is 2. The van der Waals surface area contributed by atoms with Crippen molar-refractivity contribution >= 4 is 5.91 Å². The summed E-state index contributed by atoms with van der Waals surface area (Å²) < 4.78 is 54.6. The van der Waals surface area contributed by atoms with E-state index in [4.69, 9.17) is 0 Å². The van der Waals surface area contributed by atoms with Crippen LogP contribution in [0.5, 0.6) is 5.75 Å². The third-order valence-electron chi connectivity index (χ3n) is 6.75. The number of halogens is 4. The molecule has 172 valence electrons. The predicted molar refractivity (Wildman–Crippen MR) is 112 cm³/mol. The highest BCUT2D eigenvalue weighted by atomic mass is 19.4. The highest BCUT2D eigenvalue weighted by Gasteiger charge is 2.54. The van der Waals surface area contributed by atoms with Gasteiger partial charge in [0.25, 0.3) is 5.91 Å². The molecule has 1 amide bonds. The normalized spacial score (nSPS) is 17.7. The third kappa shape index (κ3) is 3.65. The van der Waals surface area contributed by atoms with Crippen molar-refractivity contribution in [3.63, 3.8) is 0 Å². The Balaban J connectivity index is 1.26. The number of H-pyrrole nitrogens is 1. The van der Waals surface area contributed by atoms with E-state index < -0.39 is 23.5 Å². The van der Waals surface area contributed by atoms with Crippen LogP contribution in [0.3, 0.4) is 0 Å². The van der Waals surface area contributed by atoms with E-state index in [1.807, 2.05) is 0 Å². The molecular weight excluding hydrogens is 438 g/mol. The summed E-state index contributed by atoms with van der Waals surface area (Å²) >= 11 is 0. The predicted octanol–water partition coefficient (Wildman–Crippen LogP) is 5.27. The van der Waals surface area contributed by atoms with E-state index in [0.717, 1.165) is 30.7 Å². The number of nitrogens with zero attached hydrogens (tertiary/aromatic N) is 2. The molecule has 9 heteroatoms. The number of nitrogens with one attached hydrogen (secondary N) is 1. The SMILES string of the molecule is Cc1cccc(-c2cc(C3CC4(C3)CN(C(=O)c3cc(O)ccc3F)C4)[nH]n2)c1C(F)(F)F.